The van der Waals surface area contributed by atoms with Gasteiger partial charge in [0.05, 0.1) is 33.0 Å². The summed E-state index contributed by atoms with van der Waals surface area (Å²) in [5.74, 6) is -1.37. The number of carbonyl (C=O) groups is 2. The number of unbranched alkanes of at least 4 members (excludes halogenated alkanes) is 1. The molecular weight excluding hydrogens is 263 g/mol. The topological polar surface area (TPSA) is 69.2 Å². The molecule has 6 heteroatoms. The third kappa shape index (κ3) is 10.7. The maximum absolute atomic E-state index is 13.3. The van der Waals surface area contributed by atoms with E-state index in [4.69, 9.17) is 0 Å². The predicted octanol–water partition coefficient (Wildman–Crippen LogP) is 0.237. The number of carboxylic acids is 1. The number of hydrogen-bond donors (Lipinski definition) is 1. The highest BCUT2D eigenvalue weighted by Gasteiger charge is 2.15. The Morgan fingerprint density at radius 2 is 1.95 bits per heavy atom. The molecule has 0 heterocycles. The van der Waals surface area contributed by atoms with Crippen LogP contribution in [0, 0.1) is 0 Å². The number of rotatable bonds is 11. The molecule has 0 aromatic carbocycles. The van der Waals surface area contributed by atoms with Gasteiger partial charge < -0.3 is 19.7 Å². The zero-order chi connectivity index (χ0) is 15.6. The zero-order valence-corrected chi connectivity index (χ0v) is 12.8. The summed E-state index contributed by atoms with van der Waals surface area (Å²) < 4.78 is 13.7. The van der Waals surface area contributed by atoms with Crippen molar-refractivity contribution in [2.24, 2.45) is 0 Å². The second-order valence-electron chi connectivity index (χ2n) is 5.84. The highest BCUT2D eigenvalue weighted by atomic mass is 19.1. The van der Waals surface area contributed by atoms with Crippen LogP contribution in [0.2, 0.25) is 0 Å². The summed E-state index contributed by atoms with van der Waals surface area (Å²) in [6, 6.07) is 0. The third-order valence-corrected chi connectivity index (χ3v) is 3.10. The minimum atomic E-state index is -1.09. The van der Waals surface area contributed by atoms with Crippen LogP contribution in [0.15, 0.2) is 0 Å². The normalized spacial score (nSPS) is 13.0. The van der Waals surface area contributed by atoms with Crippen LogP contribution >= 0.6 is 0 Å². The largest absolute Gasteiger partial charge is 0.544 e. The van der Waals surface area contributed by atoms with Gasteiger partial charge in [-0.15, -0.1) is 0 Å². The number of carbonyl (C=O) groups excluding carboxylic acids is 2. The summed E-state index contributed by atoms with van der Waals surface area (Å²) >= 11 is 0. The number of amides is 1. The SMILES string of the molecule is CCCCC(F)CC(=O)NCCC[N+](C)(C)CC(=O)[O-]. The summed E-state index contributed by atoms with van der Waals surface area (Å²) in [7, 11) is 3.58. The Morgan fingerprint density at radius 3 is 2.50 bits per heavy atom. The molecule has 20 heavy (non-hydrogen) atoms. The van der Waals surface area contributed by atoms with Crippen LogP contribution in [0.4, 0.5) is 4.39 Å². The molecule has 0 aromatic heterocycles. The number of likely N-dealkylation sites (N-methyl/N-ethyl adjacent to an activating group) is 1. The number of alkyl halides is 1. The van der Waals surface area contributed by atoms with Gasteiger partial charge in [0, 0.05) is 13.0 Å². The number of halogens is 1. The number of carboxylic acid groups (broad SMARTS) is 1. The molecule has 0 fully saturated rings. The molecule has 5 nitrogen and oxygen atoms in total. The van der Waals surface area contributed by atoms with Crippen molar-refractivity contribution in [2.45, 2.75) is 45.2 Å². The third-order valence-electron chi connectivity index (χ3n) is 3.10. The Hall–Kier alpha value is -1.17. The fraction of sp³-hybridized carbons (Fsp3) is 0.857. The monoisotopic (exact) mass is 290 g/mol. The number of nitrogens with one attached hydrogen (secondary N) is 1. The Labute approximate surface area is 120 Å². The molecule has 118 valence electrons. The maximum Gasteiger partial charge on any atom is 0.222 e. The minimum absolute atomic E-state index is 0.0580. The highest BCUT2D eigenvalue weighted by molar-refractivity contribution is 5.76. The molecular formula is C14H27FN2O3. The first kappa shape index (κ1) is 18.8. The van der Waals surface area contributed by atoms with E-state index < -0.39 is 12.1 Å². The van der Waals surface area contributed by atoms with E-state index in [1.807, 2.05) is 6.92 Å². The molecule has 0 aliphatic rings. The van der Waals surface area contributed by atoms with E-state index in [2.05, 4.69) is 5.32 Å². The lowest BCUT2D eigenvalue weighted by Gasteiger charge is -2.30. The van der Waals surface area contributed by atoms with E-state index in [-0.39, 0.29) is 18.9 Å². The van der Waals surface area contributed by atoms with Crippen LogP contribution < -0.4 is 10.4 Å². The van der Waals surface area contributed by atoms with Crippen LogP contribution in [0.3, 0.4) is 0 Å². The van der Waals surface area contributed by atoms with Gasteiger partial charge in [-0.3, -0.25) is 4.79 Å². The van der Waals surface area contributed by atoms with Crippen molar-refractivity contribution >= 4 is 11.9 Å². The van der Waals surface area contributed by atoms with Gasteiger partial charge >= 0.3 is 0 Å². The average molecular weight is 290 g/mol. The zero-order valence-electron chi connectivity index (χ0n) is 12.8. The Kier molecular flexibility index (Phi) is 9.12. The number of quaternary nitrogens is 1. The van der Waals surface area contributed by atoms with Crippen molar-refractivity contribution in [1.29, 1.82) is 0 Å². The van der Waals surface area contributed by atoms with Gasteiger partial charge in [0.15, 0.2) is 0 Å². The number of hydrogen-bond acceptors (Lipinski definition) is 3. The average Bonchev–Trinajstić information content (AvgIpc) is 2.30. The minimum Gasteiger partial charge on any atom is -0.544 e. The molecule has 1 unspecified atom stereocenters. The molecule has 0 aromatic rings. The van der Waals surface area contributed by atoms with E-state index >= 15 is 0 Å². The smallest absolute Gasteiger partial charge is 0.222 e. The molecule has 1 amide bonds. The molecule has 0 saturated carbocycles. The highest BCUT2D eigenvalue weighted by Crippen LogP contribution is 2.08. The van der Waals surface area contributed by atoms with Crippen LogP contribution in [-0.2, 0) is 9.59 Å². The second kappa shape index (κ2) is 9.69. The van der Waals surface area contributed by atoms with Gasteiger partial charge in [-0.2, -0.15) is 0 Å². The molecule has 0 aliphatic carbocycles. The molecule has 1 N–H and O–H groups in total. The van der Waals surface area contributed by atoms with Crippen molar-refractivity contribution < 1.29 is 23.6 Å². The van der Waals surface area contributed by atoms with Gasteiger partial charge in [0.2, 0.25) is 5.91 Å². The standard InChI is InChI=1S/C14H27FN2O3/c1-4-5-7-12(15)10-13(18)16-8-6-9-17(2,3)11-14(19)20/h12H,4-11H2,1-3H3,(H-,16,18,19,20). The van der Waals surface area contributed by atoms with Gasteiger partial charge in [-0.1, -0.05) is 19.8 Å². The summed E-state index contributed by atoms with van der Waals surface area (Å²) in [6.07, 6.45) is 1.64. The quantitative estimate of drug-likeness (QED) is 0.438. The van der Waals surface area contributed by atoms with Crippen molar-refractivity contribution in [1.82, 2.24) is 5.32 Å². The van der Waals surface area contributed by atoms with Crippen LogP contribution in [-0.4, -0.2) is 56.3 Å². The fourth-order valence-electron chi connectivity index (χ4n) is 1.96. The molecule has 0 bridgehead atoms. The van der Waals surface area contributed by atoms with Crippen molar-refractivity contribution in [3.63, 3.8) is 0 Å². The predicted molar refractivity (Wildman–Crippen MR) is 73.5 cm³/mol. The fourth-order valence-corrected chi connectivity index (χ4v) is 1.96. The first-order valence-electron chi connectivity index (χ1n) is 7.19. The van der Waals surface area contributed by atoms with E-state index in [1.54, 1.807) is 14.1 Å². The van der Waals surface area contributed by atoms with E-state index in [0.29, 0.717) is 30.4 Å². The van der Waals surface area contributed by atoms with E-state index in [9.17, 15) is 19.1 Å². The van der Waals surface area contributed by atoms with Crippen LogP contribution in [0.1, 0.15) is 39.0 Å². The maximum atomic E-state index is 13.3. The van der Waals surface area contributed by atoms with Crippen molar-refractivity contribution in [2.75, 3.05) is 33.7 Å². The van der Waals surface area contributed by atoms with E-state index in [1.165, 1.54) is 0 Å². The Balaban J connectivity index is 3.73. The Bertz CT molecular complexity index is 309. The van der Waals surface area contributed by atoms with Crippen molar-refractivity contribution in [3.8, 4) is 0 Å². The summed E-state index contributed by atoms with van der Waals surface area (Å²) in [6.45, 7) is 2.98. The molecule has 0 rings (SSSR count). The van der Waals surface area contributed by atoms with Crippen LogP contribution in [0.5, 0.6) is 0 Å². The number of nitrogens with zero attached hydrogens (tertiary/aromatic N) is 1. The molecule has 0 aliphatic heterocycles. The van der Waals surface area contributed by atoms with Gasteiger partial charge in [-0.25, -0.2) is 4.39 Å². The summed E-state index contributed by atoms with van der Waals surface area (Å²) in [5, 5.41) is 13.2. The van der Waals surface area contributed by atoms with Crippen molar-refractivity contribution in [3.05, 3.63) is 0 Å². The molecule has 1 atom stereocenters. The first-order chi connectivity index (χ1) is 9.26. The van der Waals surface area contributed by atoms with Gasteiger partial charge in [0.1, 0.15) is 12.7 Å². The first-order valence-corrected chi connectivity index (χ1v) is 7.19. The lowest BCUT2D eigenvalue weighted by molar-refractivity contribution is -0.884. The summed E-state index contributed by atoms with van der Waals surface area (Å²) in [5.41, 5.74) is 0. The lowest BCUT2D eigenvalue weighted by atomic mass is 10.1. The lowest BCUT2D eigenvalue weighted by Crippen LogP contribution is -2.49. The second-order valence-corrected chi connectivity index (χ2v) is 5.84. The molecule has 0 spiro atoms. The van der Waals surface area contributed by atoms with Crippen LogP contribution in [0.25, 0.3) is 0 Å². The summed E-state index contributed by atoms with van der Waals surface area (Å²) in [4.78, 5) is 22.0. The number of aliphatic carboxylic acids is 1. The van der Waals surface area contributed by atoms with E-state index in [0.717, 1.165) is 12.8 Å². The molecule has 0 radical (unpaired) electrons. The van der Waals surface area contributed by atoms with Gasteiger partial charge in [-0.05, 0) is 6.42 Å². The van der Waals surface area contributed by atoms with Gasteiger partial charge in [0.25, 0.3) is 0 Å². The molecule has 0 saturated heterocycles. The Morgan fingerprint density at radius 1 is 1.30 bits per heavy atom.